The smallest absolute Gasteiger partial charge is 0.163 e. The van der Waals surface area contributed by atoms with Crippen molar-refractivity contribution >= 4 is 22.4 Å². The zero-order valence-corrected chi connectivity index (χ0v) is 17.8. The van der Waals surface area contributed by atoms with Crippen molar-refractivity contribution < 1.29 is 13.5 Å². The molecule has 0 radical (unpaired) electrons. The summed E-state index contributed by atoms with van der Waals surface area (Å²) in [6.07, 6.45) is 3.34. The lowest BCUT2D eigenvalue weighted by atomic mass is 10.2. The third kappa shape index (κ3) is 5.15. The number of rotatable bonds is 8. The van der Waals surface area contributed by atoms with Crippen LogP contribution in [0.15, 0.2) is 60.9 Å². The van der Waals surface area contributed by atoms with Crippen molar-refractivity contribution in [2.24, 2.45) is 5.92 Å². The molecule has 2 aromatic carbocycles. The molecule has 2 heterocycles. The molecular weight excluding hydrogens is 412 g/mol. The molecule has 0 unspecified atom stereocenters. The van der Waals surface area contributed by atoms with Crippen LogP contribution in [-0.4, -0.2) is 28.2 Å². The number of benzene rings is 2. The molecule has 32 heavy (non-hydrogen) atoms. The number of pyridine rings is 1. The Balaban J connectivity index is 1.71. The molecule has 0 bridgehead atoms. The van der Waals surface area contributed by atoms with Crippen LogP contribution in [0.4, 0.5) is 20.3 Å². The normalized spacial score (nSPS) is 11.2. The largest absolute Gasteiger partial charge is 0.478 e. The zero-order chi connectivity index (χ0) is 22.5. The van der Waals surface area contributed by atoms with Crippen LogP contribution >= 0.6 is 0 Å². The maximum atomic E-state index is 13.8. The summed E-state index contributed by atoms with van der Waals surface area (Å²) >= 11 is 0. The number of nitrogens with zero attached hydrogens (tertiary/aromatic N) is 3. The fraction of sp³-hybridized carbons (Fsp3) is 0.208. The molecule has 0 aliphatic carbocycles. The molecule has 0 spiro atoms. The fourth-order valence-electron chi connectivity index (χ4n) is 3.11. The highest BCUT2D eigenvalue weighted by Crippen LogP contribution is 2.30. The summed E-state index contributed by atoms with van der Waals surface area (Å²) in [6.45, 7) is 5.45. The third-order valence-corrected chi connectivity index (χ3v) is 4.66. The Bertz CT molecular complexity index is 1220. The second-order valence-electron chi connectivity index (χ2n) is 7.71. The molecule has 0 aliphatic heterocycles. The van der Waals surface area contributed by atoms with Gasteiger partial charge < -0.3 is 10.1 Å². The number of fused-ring (bicyclic) bond motifs is 1. The Morgan fingerprint density at radius 1 is 1.00 bits per heavy atom. The first kappa shape index (κ1) is 21.6. The molecule has 0 fully saturated rings. The van der Waals surface area contributed by atoms with E-state index in [1.807, 2.05) is 24.3 Å². The van der Waals surface area contributed by atoms with E-state index < -0.39 is 11.6 Å². The van der Waals surface area contributed by atoms with E-state index in [0.717, 1.165) is 24.2 Å². The summed E-state index contributed by atoms with van der Waals surface area (Å²) in [7, 11) is 0. The molecule has 6 nitrogen and oxygen atoms in total. The van der Waals surface area contributed by atoms with Crippen LogP contribution in [0.25, 0.3) is 22.3 Å². The first-order valence-electron chi connectivity index (χ1n) is 10.3. The molecule has 2 N–H and O–H groups in total. The highest BCUT2D eigenvalue weighted by molar-refractivity contribution is 5.93. The summed E-state index contributed by atoms with van der Waals surface area (Å²) in [5.74, 6) is 0.203. The molecule has 0 saturated heterocycles. The van der Waals surface area contributed by atoms with Crippen molar-refractivity contribution in [3.05, 3.63) is 72.6 Å². The van der Waals surface area contributed by atoms with Crippen LogP contribution < -0.4 is 15.4 Å². The maximum absolute atomic E-state index is 13.8. The molecule has 2 aromatic heterocycles. The van der Waals surface area contributed by atoms with E-state index >= 15 is 0 Å². The second kappa shape index (κ2) is 9.65. The van der Waals surface area contributed by atoms with Gasteiger partial charge in [-0.3, -0.25) is 10.3 Å². The van der Waals surface area contributed by atoms with Crippen molar-refractivity contribution in [3.8, 4) is 17.1 Å². The Kier molecular flexibility index (Phi) is 6.51. The Labute approximate surface area is 184 Å². The minimum Gasteiger partial charge on any atom is -0.478 e. The number of ether oxygens (including phenoxy) is 1. The summed E-state index contributed by atoms with van der Waals surface area (Å²) < 4.78 is 32.9. The van der Waals surface area contributed by atoms with Gasteiger partial charge in [-0.25, -0.2) is 18.7 Å². The lowest BCUT2D eigenvalue weighted by Gasteiger charge is -2.13. The Morgan fingerprint density at radius 2 is 1.88 bits per heavy atom. The van der Waals surface area contributed by atoms with E-state index in [-0.39, 0.29) is 0 Å². The second-order valence-corrected chi connectivity index (χ2v) is 7.71. The van der Waals surface area contributed by atoms with Gasteiger partial charge in [0.15, 0.2) is 17.5 Å². The van der Waals surface area contributed by atoms with Crippen molar-refractivity contribution in [1.82, 2.24) is 20.3 Å². The lowest BCUT2D eigenvalue weighted by molar-refractivity contribution is 0.276. The zero-order valence-electron chi connectivity index (χ0n) is 17.8. The van der Waals surface area contributed by atoms with Crippen molar-refractivity contribution in [2.45, 2.75) is 13.8 Å². The third-order valence-electron chi connectivity index (χ3n) is 4.66. The van der Waals surface area contributed by atoms with Gasteiger partial charge in [0.25, 0.3) is 0 Å². The number of halogens is 2. The lowest BCUT2D eigenvalue weighted by Crippen LogP contribution is -2.24. The monoisotopic (exact) mass is 435 g/mol. The molecular formula is C24H23F2N5O. The molecule has 0 aliphatic rings. The van der Waals surface area contributed by atoms with Crippen LogP contribution in [0, 0.1) is 17.6 Å². The summed E-state index contributed by atoms with van der Waals surface area (Å²) in [6, 6.07) is 12.8. The standard InChI is InChI=1S/C24H23F2N5O/c1-15(2)12-28-14-32-18-6-8-22-19(11-18)24(29-17-5-7-20(25)21(26)10-17)31-23(30-22)16-4-3-9-27-13-16/h3-11,13,15,28H,12,14H2,1-2H3,(H,29,30,31). The first-order valence-corrected chi connectivity index (χ1v) is 10.3. The number of hydrogen-bond acceptors (Lipinski definition) is 6. The molecule has 164 valence electrons. The van der Waals surface area contributed by atoms with Gasteiger partial charge in [0, 0.05) is 41.6 Å². The number of nitrogens with one attached hydrogen (secondary N) is 2. The minimum atomic E-state index is -0.943. The van der Waals surface area contributed by atoms with Gasteiger partial charge in [-0.2, -0.15) is 0 Å². The van der Waals surface area contributed by atoms with E-state index in [1.165, 1.54) is 6.07 Å². The van der Waals surface area contributed by atoms with E-state index in [1.54, 1.807) is 18.5 Å². The molecule has 4 aromatic rings. The first-order chi connectivity index (χ1) is 15.5. The molecule has 8 heteroatoms. The average Bonchev–Trinajstić information content (AvgIpc) is 2.79. The number of hydrogen-bond donors (Lipinski definition) is 2. The summed E-state index contributed by atoms with van der Waals surface area (Å²) in [5, 5.41) is 6.99. The van der Waals surface area contributed by atoms with Gasteiger partial charge in [-0.15, -0.1) is 0 Å². The van der Waals surface area contributed by atoms with Crippen LogP contribution in [0.2, 0.25) is 0 Å². The molecule has 4 rings (SSSR count). The van der Waals surface area contributed by atoms with Crippen LogP contribution in [0.5, 0.6) is 5.75 Å². The van der Waals surface area contributed by atoms with Crippen molar-refractivity contribution in [2.75, 3.05) is 18.6 Å². The van der Waals surface area contributed by atoms with Gasteiger partial charge in [0.2, 0.25) is 0 Å². The highest BCUT2D eigenvalue weighted by atomic mass is 19.2. The number of aromatic nitrogens is 3. The van der Waals surface area contributed by atoms with Gasteiger partial charge in [0.05, 0.1) is 5.52 Å². The molecule has 0 saturated carbocycles. The van der Waals surface area contributed by atoms with Crippen molar-refractivity contribution in [3.63, 3.8) is 0 Å². The molecule has 0 atom stereocenters. The SMILES string of the molecule is CC(C)CNCOc1ccc2nc(-c3cccnc3)nc(Nc3ccc(F)c(F)c3)c2c1. The summed E-state index contributed by atoms with van der Waals surface area (Å²) in [5.41, 5.74) is 1.78. The van der Waals surface area contributed by atoms with Gasteiger partial charge >= 0.3 is 0 Å². The average molecular weight is 435 g/mol. The fourth-order valence-corrected chi connectivity index (χ4v) is 3.11. The van der Waals surface area contributed by atoms with E-state index in [2.05, 4.69) is 39.4 Å². The van der Waals surface area contributed by atoms with Gasteiger partial charge in [-0.05, 0) is 48.4 Å². The quantitative estimate of drug-likeness (QED) is 0.289. The van der Waals surface area contributed by atoms with Crippen LogP contribution in [0.1, 0.15) is 13.8 Å². The van der Waals surface area contributed by atoms with Crippen LogP contribution in [-0.2, 0) is 0 Å². The van der Waals surface area contributed by atoms with E-state index in [9.17, 15) is 8.78 Å². The highest BCUT2D eigenvalue weighted by Gasteiger charge is 2.12. The van der Waals surface area contributed by atoms with Gasteiger partial charge in [0.1, 0.15) is 18.3 Å². The van der Waals surface area contributed by atoms with Gasteiger partial charge in [-0.1, -0.05) is 13.8 Å². The summed E-state index contributed by atoms with van der Waals surface area (Å²) in [4.78, 5) is 13.4. The van der Waals surface area contributed by atoms with Crippen molar-refractivity contribution in [1.29, 1.82) is 0 Å². The maximum Gasteiger partial charge on any atom is 0.163 e. The Hall–Kier alpha value is -3.65. The van der Waals surface area contributed by atoms with E-state index in [4.69, 9.17) is 4.74 Å². The minimum absolute atomic E-state index is 0.365. The van der Waals surface area contributed by atoms with Crippen LogP contribution in [0.3, 0.4) is 0 Å². The molecule has 0 amide bonds. The predicted octanol–water partition coefficient (Wildman–Crippen LogP) is 5.30. The number of anilines is 2. The van der Waals surface area contributed by atoms with E-state index in [0.29, 0.717) is 46.6 Å². The Morgan fingerprint density at radius 3 is 2.62 bits per heavy atom. The topological polar surface area (TPSA) is 72.0 Å². The predicted molar refractivity (Wildman–Crippen MR) is 121 cm³/mol.